The number of amides is 1. The molecule has 4 nitrogen and oxygen atoms in total. The van der Waals surface area contributed by atoms with Crippen LogP contribution in [-0.4, -0.2) is 36.5 Å². The summed E-state index contributed by atoms with van der Waals surface area (Å²) < 4.78 is 0. The van der Waals surface area contributed by atoms with Crippen LogP contribution < -0.4 is 5.32 Å². The van der Waals surface area contributed by atoms with Crippen LogP contribution in [-0.2, 0) is 4.79 Å². The van der Waals surface area contributed by atoms with Gasteiger partial charge in [-0.25, -0.2) is 0 Å². The molecule has 0 radical (unpaired) electrons. The third-order valence-electron chi connectivity index (χ3n) is 2.50. The van der Waals surface area contributed by atoms with Gasteiger partial charge in [-0.2, -0.15) is 5.26 Å². The second-order valence-electron chi connectivity index (χ2n) is 3.59. The van der Waals surface area contributed by atoms with Gasteiger partial charge in [0.05, 0.1) is 25.2 Å². The summed E-state index contributed by atoms with van der Waals surface area (Å²) in [6, 6.07) is 2.11. The molecule has 0 aliphatic carbocycles. The number of piperidine rings is 1. The maximum Gasteiger partial charge on any atom is 0.234 e. The highest BCUT2D eigenvalue weighted by Gasteiger charge is 2.23. The summed E-state index contributed by atoms with van der Waals surface area (Å²) in [7, 11) is 0. The molecule has 1 atom stereocenters. The lowest BCUT2D eigenvalue weighted by Gasteiger charge is -2.30. The molecule has 1 N–H and O–H groups in total. The molecule has 1 rings (SSSR count). The fraction of sp³-hybridized carbons (Fsp3) is 0.636. The molecule has 1 fully saturated rings. The summed E-state index contributed by atoms with van der Waals surface area (Å²) in [5.74, 6) is 2.24. The van der Waals surface area contributed by atoms with E-state index in [-0.39, 0.29) is 25.0 Å². The van der Waals surface area contributed by atoms with Gasteiger partial charge in [-0.15, -0.1) is 6.42 Å². The Labute approximate surface area is 90.2 Å². The van der Waals surface area contributed by atoms with E-state index in [9.17, 15) is 4.79 Å². The molecule has 1 aliphatic rings. The Morgan fingerprint density at radius 1 is 1.60 bits per heavy atom. The van der Waals surface area contributed by atoms with Gasteiger partial charge in [0.15, 0.2) is 0 Å². The fourth-order valence-corrected chi connectivity index (χ4v) is 1.72. The van der Waals surface area contributed by atoms with Crippen molar-refractivity contribution >= 4 is 5.91 Å². The van der Waals surface area contributed by atoms with Gasteiger partial charge in [-0.1, -0.05) is 5.92 Å². The van der Waals surface area contributed by atoms with Gasteiger partial charge in [0, 0.05) is 0 Å². The van der Waals surface area contributed by atoms with Crippen LogP contribution in [0.5, 0.6) is 0 Å². The minimum atomic E-state index is -0.115. The Hall–Kier alpha value is -1.52. The highest BCUT2D eigenvalue weighted by molar-refractivity contribution is 5.78. The van der Waals surface area contributed by atoms with Crippen molar-refractivity contribution in [2.24, 2.45) is 0 Å². The van der Waals surface area contributed by atoms with Crippen LogP contribution in [0.15, 0.2) is 0 Å². The monoisotopic (exact) mass is 205 g/mol. The Morgan fingerprint density at radius 2 is 2.40 bits per heavy atom. The van der Waals surface area contributed by atoms with Gasteiger partial charge in [-0.3, -0.25) is 9.69 Å². The summed E-state index contributed by atoms with van der Waals surface area (Å²) in [4.78, 5) is 13.3. The molecule has 1 saturated heterocycles. The first-order valence-electron chi connectivity index (χ1n) is 5.11. The van der Waals surface area contributed by atoms with Crippen LogP contribution >= 0.6 is 0 Å². The quantitative estimate of drug-likeness (QED) is 0.665. The number of rotatable bonds is 3. The molecular formula is C11H15N3O. The number of hydrogen-bond donors (Lipinski definition) is 1. The van der Waals surface area contributed by atoms with E-state index in [4.69, 9.17) is 11.7 Å². The lowest BCUT2D eigenvalue weighted by molar-refractivity contribution is -0.122. The molecular weight excluding hydrogens is 190 g/mol. The molecule has 15 heavy (non-hydrogen) atoms. The SMILES string of the molecule is C#CCNC(=O)CN1CCCCC1C#N. The number of carbonyl (C=O) groups is 1. The average molecular weight is 205 g/mol. The maximum atomic E-state index is 11.4. The zero-order chi connectivity index (χ0) is 11.1. The number of nitrogens with one attached hydrogen (secondary N) is 1. The predicted molar refractivity (Wildman–Crippen MR) is 56.7 cm³/mol. The van der Waals surface area contributed by atoms with Crippen LogP contribution in [0.25, 0.3) is 0 Å². The van der Waals surface area contributed by atoms with Gasteiger partial charge in [0.1, 0.15) is 0 Å². The molecule has 1 unspecified atom stereocenters. The predicted octanol–water partition coefficient (Wildman–Crippen LogP) is 0.114. The minimum absolute atomic E-state index is 0.102. The molecule has 4 heteroatoms. The first kappa shape index (κ1) is 11.6. The second-order valence-corrected chi connectivity index (χ2v) is 3.59. The summed E-state index contributed by atoms with van der Waals surface area (Å²) in [6.45, 7) is 1.35. The zero-order valence-corrected chi connectivity index (χ0v) is 8.70. The Kier molecular flexibility index (Phi) is 4.66. The van der Waals surface area contributed by atoms with Crippen molar-refractivity contribution in [1.82, 2.24) is 10.2 Å². The van der Waals surface area contributed by atoms with Crippen molar-refractivity contribution in [3.63, 3.8) is 0 Å². The van der Waals surface area contributed by atoms with Gasteiger partial charge >= 0.3 is 0 Å². The van der Waals surface area contributed by atoms with E-state index in [0.29, 0.717) is 0 Å². The van der Waals surface area contributed by atoms with Crippen molar-refractivity contribution < 1.29 is 4.79 Å². The number of nitriles is 1. The fourth-order valence-electron chi connectivity index (χ4n) is 1.72. The van der Waals surface area contributed by atoms with Gasteiger partial charge in [0.2, 0.25) is 5.91 Å². The number of terminal acetylenes is 1. The van der Waals surface area contributed by atoms with Crippen LogP contribution in [0, 0.1) is 23.7 Å². The summed E-state index contributed by atoms with van der Waals surface area (Å²) in [5.41, 5.74) is 0. The van der Waals surface area contributed by atoms with Crippen LogP contribution in [0.2, 0.25) is 0 Å². The number of hydrogen-bond acceptors (Lipinski definition) is 3. The van der Waals surface area contributed by atoms with E-state index in [1.165, 1.54) is 0 Å². The van der Waals surface area contributed by atoms with Gasteiger partial charge in [-0.05, 0) is 25.8 Å². The molecule has 0 saturated carbocycles. The maximum absolute atomic E-state index is 11.4. The summed E-state index contributed by atoms with van der Waals surface area (Å²) in [6.07, 6.45) is 8.02. The van der Waals surface area contributed by atoms with Crippen LogP contribution in [0.4, 0.5) is 0 Å². The minimum Gasteiger partial charge on any atom is -0.344 e. The molecule has 0 aromatic heterocycles. The molecule has 0 aromatic rings. The van der Waals surface area contributed by atoms with Crippen molar-refractivity contribution in [2.75, 3.05) is 19.6 Å². The van der Waals surface area contributed by atoms with E-state index in [1.807, 2.05) is 4.90 Å². The lowest BCUT2D eigenvalue weighted by atomic mass is 10.0. The van der Waals surface area contributed by atoms with E-state index in [0.717, 1.165) is 25.8 Å². The van der Waals surface area contributed by atoms with Crippen LogP contribution in [0.1, 0.15) is 19.3 Å². The van der Waals surface area contributed by atoms with E-state index in [1.54, 1.807) is 0 Å². The molecule has 0 aromatic carbocycles. The number of likely N-dealkylation sites (tertiary alicyclic amines) is 1. The Morgan fingerprint density at radius 3 is 3.07 bits per heavy atom. The zero-order valence-electron chi connectivity index (χ0n) is 8.70. The summed E-state index contributed by atoms with van der Waals surface area (Å²) >= 11 is 0. The topological polar surface area (TPSA) is 56.1 Å². The largest absolute Gasteiger partial charge is 0.344 e. The van der Waals surface area contributed by atoms with E-state index in [2.05, 4.69) is 17.3 Å². The first-order valence-corrected chi connectivity index (χ1v) is 5.11. The second kappa shape index (κ2) is 6.06. The molecule has 80 valence electrons. The van der Waals surface area contributed by atoms with Crippen LogP contribution in [0.3, 0.4) is 0 Å². The first-order chi connectivity index (χ1) is 7.27. The summed E-state index contributed by atoms with van der Waals surface area (Å²) in [5, 5.41) is 11.5. The molecule has 1 heterocycles. The van der Waals surface area contributed by atoms with Crippen molar-refractivity contribution in [2.45, 2.75) is 25.3 Å². The number of carbonyl (C=O) groups excluding carboxylic acids is 1. The normalized spacial score (nSPS) is 21.3. The molecule has 1 aliphatic heterocycles. The number of nitrogens with zero attached hydrogens (tertiary/aromatic N) is 2. The van der Waals surface area contributed by atoms with Crippen molar-refractivity contribution in [3.8, 4) is 18.4 Å². The van der Waals surface area contributed by atoms with E-state index < -0.39 is 0 Å². The average Bonchev–Trinajstić information content (AvgIpc) is 2.27. The molecule has 1 amide bonds. The van der Waals surface area contributed by atoms with E-state index >= 15 is 0 Å². The third kappa shape index (κ3) is 3.61. The standard InChI is InChI=1S/C11H15N3O/c1-2-6-13-11(15)9-14-7-4-3-5-10(14)8-12/h1,10H,3-7,9H2,(H,13,15). The van der Waals surface area contributed by atoms with Gasteiger partial charge in [0.25, 0.3) is 0 Å². The van der Waals surface area contributed by atoms with Crippen molar-refractivity contribution in [3.05, 3.63) is 0 Å². The smallest absolute Gasteiger partial charge is 0.234 e. The Bertz CT molecular complexity index is 300. The highest BCUT2D eigenvalue weighted by atomic mass is 16.2. The lowest BCUT2D eigenvalue weighted by Crippen LogP contribution is -2.45. The molecule has 0 spiro atoms. The highest BCUT2D eigenvalue weighted by Crippen LogP contribution is 2.15. The third-order valence-corrected chi connectivity index (χ3v) is 2.50. The molecule has 0 bridgehead atoms. The Balaban J connectivity index is 2.39. The van der Waals surface area contributed by atoms with Crippen molar-refractivity contribution in [1.29, 1.82) is 5.26 Å². The van der Waals surface area contributed by atoms with Gasteiger partial charge < -0.3 is 5.32 Å².